The van der Waals surface area contributed by atoms with E-state index < -0.39 is 5.54 Å². The molecule has 0 aromatic heterocycles. The minimum atomic E-state index is -0.537. The van der Waals surface area contributed by atoms with E-state index in [1.807, 2.05) is 43.9 Å². The summed E-state index contributed by atoms with van der Waals surface area (Å²) < 4.78 is 0. The summed E-state index contributed by atoms with van der Waals surface area (Å²) in [6.07, 6.45) is 0. The monoisotopic (exact) mass is 232 g/mol. The molecule has 0 atom stereocenters. The molecule has 1 N–H and O–H groups in total. The lowest BCUT2D eigenvalue weighted by Gasteiger charge is -2.42. The third kappa shape index (κ3) is 1.79. The van der Waals surface area contributed by atoms with E-state index in [9.17, 15) is 4.79 Å². The van der Waals surface area contributed by atoms with Crippen molar-refractivity contribution in [1.82, 2.24) is 0 Å². The molecular weight excluding hydrogens is 212 g/mol. The van der Waals surface area contributed by atoms with Gasteiger partial charge in [-0.05, 0) is 46.2 Å². The van der Waals surface area contributed by atoms with Crippen molar-refractivity contribution in [2.45, 2.75) is 46.2 Å². The SMILES string of the molecule is Cc1cccc2c1N(C(C)C)C(=O)C(C)(C)N2. The maximum Gasteiger partial charge on any atom is 0.252 e. The predicted molar refractivity (Wildman–Crippen MR) is 71.5 cm³/mol. The quantitative estimate of drug-likeness (QED) is 0.807. The Labute approximate surface area is 103 Å². The van der Waals surface area contributed by atoms with Crippen LogP contribution in [-0.4, -0.2) is 17.5 Å². The predicted octanol–water partition coefficient (Wildman–Crippen LogP) is 2.94. The highest BCUT2D eigenvalue weighted by Crippen LogP contribution is 2.38. The van der Waals surface area contributed by atoms with Crippen LogP contribution in [0.4, 0.5) is 11.4 Å². The smallest absolute Gasteiger partial charge is 0.252 e. The molecule has 3 heteroatoms. The van der Waals surface area contributed by atoms with Gasteiger partial charge in [0.1, 0.15) is 5.54 Å². The molecule has 1 aliphatic rings. The molecule has 0 radical (unpaired) electrons. The normalized spacial score (nSPS) is 18.0. The molecule has 1 amide bonds. The zero-order chi connectivity index (χ0) is 12.8. The number of rotatable bonds is 1. The van der Waals surface area contributed by atoms with Gasteiger partial charge in [-0.1, -0.05) is 12.1 Å². The van der Waals surface area contributed by atoms with Crippen molar-refractivity contribution >= 4 is 17.3 Å². The van der Waals surface area contributed by atoms with Gasteiger partial charge in [0.05, 0.1) is 11.4 Å². The molecule has 0 saturated carbocycles. The maximum atomic E-state index is 12.5. The number of carbonyl (C=O) groups excluding carboxylic acids is 1. The van der Waals surface area contributed by atoms with Gasteiger partial charge in [-0.2, -0.15) is 0 Å². The molecule has 0 aliphatic carbocycles. The van der Waals surface area contributed by atoms with E-state index in [0.29, 0.717) is 0 Å². The minimum Gasteiger partial charge on any atom is -0.370 e. The fraction of sp³-hybridized carbons (Fsp3) is 0.500. The van der Waals surface area contributed by atoms with E-state index in [2.05, 4.69) is 19.2 Å². The third-order valence-corrected chi connectivity index (χ3v) is 3.20. The zero-order valence-corrected chi connectivity index (χ0v) is 11.2. The van der Waals surface area contributed by atoms with Crippen LogP contribution in [0.15, 0.2) is 18.2 Å². The van der Waals surface area contributed by atoms with Crippen molar-refractivity contribution in [3.63, 3.8) is 0 Å². The summed E-state index contributed by atoms with van der Waals surface area (Å²) in [4.78, 5) is 14.4. The lowest BCUT2D eigenvalue weighted by atomic mass is 9.95. The Kier molecular flexibility index (Phi) is 2.64. The molecular formula is C14H20N2O. The lowest BCUT2D eigenvalue weighted by Crippen LogP contribution is -2.56. The van der Waals surface area contributed by atoms with Crippen molar-refractivity contribution in [2.75, 3.05) is 10.2 Å². The standard InChI is InChI=1S/C14H20N2O/c1-9(2)16-12-10(3)7-6-8-11(12)15-14(4,5)13(16)17/h6-9,15H,1-5H3. The molecule has 1 aromatic carbocycles. The number of para-hydroxylation sites is 1. The Morgan fingerprint density at radius 1 is 1.29 bits per heavy atom. The van der Waals surface area contributed by atoms with Crippen molar-refractivity contribution in [3.8, 4) is 0 Å². The van der Waals surface area contributed by atoms with Crippen LogP contribution in [0.5, 0.6) is 0 Å². The minimum absolute atomic E-state index is 0.134. The highest BCUT2D eigenvalue weighted by Gasteiger charge is 2.40. The van der Waals surface area contributed by atoms with Gasteiger partial charge >= 0.3 is 0 Å². The number of hydrogen-bond donors (Lipinski definition) is 1. The number of carbonyl (C=O) groups is 1. The van der Waals surface area contributed by atoms with E-state index in [1.165, 1.54) is 0 Å². The molecule has 0 bridgehead atoms. The zero-order valence-electron chi connectivity index (χ0n) is 11.2. The van der Waals surface area contributed by atoms with E-state index in [0.717, 1.165) is 16.9 Å². The van der Waals surface area contributed by atoms with Gasteiger partial charge < -0.3 is 10.2 Å². The molecule has 1 aliphatic heterocycles. The van der Waals surface area contributed by atoms with Crippen molar-refractivity contribution < 1.29 is 4.79 Å². The first-order valence-electron chi connectivity index (χ1n) is 6.06. The Balaban J connectivity index is 2.64. The Morgan fingerprint density at radius 2 is 1.94 bits per heavy atom. The second kappa shape index (κ2) is 3.76. The summed E-state index contributed by atoms with van der Waals surface area (Å²) in [5, 5.41) is 3.32. The van der Waals surface area contributed by atoms with E-state index in [1.54, 1.807) is 0 Å². The molecule has 0 spiro atoms. The van der Waals surface area contributed by atoms with Gasteiger partial charge in [-0.15, -0.1) is 0 Å². The van der Waals surface area contributed by atoms with E-state index in [4.69, 9.17) is 0 Å². The first-order chi connectivity index (χ1) is 7.84. The van der Waals surface area contributed by atoms with Crippen LogP contribution < -0.4 is 10.2 Å². The van der Waals surface area contributed by atoms with Gasteiger partial charge in [0.15, 0.2) is 0 Å². The highest BCUT2D eigenvalue weighted by atomic mass is 16.2. The topological polar surface area (TPSA) is 32.3 Å². The average molecular weight is 232 g/mol. The van der Waals surface area contributed by atoms with Gasteiger partial charge in [0.2, 0.25) is 0 Å². The number of fused-ring (bicyclic) bond motifs is 1. The first-order valence-corrected chi connectivity index (χ1v) is 6.06. The second-order valence-corrected chi connectivity index (χ2v) is 5.49. The summed E-state index contributed by atoms with van der Waals surface area (Å²) in [5.41, 5.74) is 2.66. The Morgan fingerprint density at radius 3 is 2.53 bits per heavy atom. The number of anilines is 2. The van der Waals surface area contributed by atoms with Gasteiger partial charge in [-0.3, -0.25) is 4.79 Å². The molecule has 1 aromatic rings. The summed E-state index contributed by atoms with van der Waals surface area (Å²) in [6.45, 7) is 10.00. The van der Waals surface area contributed by atoms with E-state index >= 15 is 0 Å². The molecule has 1 heterocycles. The average Bonchev–Trinajstić information content (AvgIpc) is 2.20. The molecule has 0 fully saturated rings. The third-order valence-electron chi connectivity index (χ3n) is 3.20. The van der Waals surface area contributed by atoms with Crippen LogP contribution in [0, 0.1) is 6.92 Å². The number of nitrogens with one attached hydrogen (secondary N) is 1. The van der Waals surface area contributed by atoms with Crippen LogP contribution in [0.25, 0.3) is 0 Å². The molecule has 0 saturated heterocycles. The summed E-state index contributed by atoms with van der Waals surface area (Å²) in [7, 11) is 0. The maximum absolute atomic E-state index is 12.5. The number of hydrogen-bond acceptors (Lipinski definition) is 2. The van der Waals surface area contributed by atoms with Gasteiger partial charge in [-0.25, -0.2) is 0 Å². The van der Waals surface area contributed by atoms with Crippen molar-refractivity contribution in [1.29, 1.82) is 0 Å². The number of aryl methyl sites for hydroxylation is 1. The first kappa shape index (κ1) is 12.0. The van der Waals surface area contributed by atoms with Crippen molar-refractivity contribution in [2.24, 2.45) is 0 Å². The number of amides is 1. The molecule has 0 unspecified atom stereocenters. The van der Waals surface area contributed by atoms with E-state index in [-0.39, 0.29) is 11.9 Å². The Bertz CT molecular complexity index is 463. The largest absolute Gasteiger partial charge is 0.370 e. The summed E-state index contributed by atoms with van der Waals surface area (Å²) in [6, 6.07) is 6.27. The van der Waals surface area contributed by atoms with Crippen LogP contribution in [0.3, 0.4) is 0 Å². The molecule has 2 rings (SSSR count). The van der Waals surface area contributed by atoms with Crippen LogP contribution in [0.1, 0.15) is 33.3 Å². The number of benzene rings is 1. The Hall–Kier alpha value is -1.51. The fourth-order valence-corrected chi connectivity index (χ4v) is 2.37. The van der Waals surface area contributed by atoms with Crippen LogP contribution in [-0.2, 0) is 4.79 Å². The molecule has 17 heavy (non-hydrogen) atoms. The lowest BCUT2D eigenvalue weighted by molar-refractivity contribution is -0.122. The van der Waals surface area contributed by atoms with Crippen LogP contribution >= 0.6 is 0 Å². The summed E-state index contributed by atoms with van der Waals surface area (Å²) in [5.74, 6) is 0.134. The summed E-state index contributed by atoms with van der Waals surface area (Å²) >= 11 is 0. The van der Waals surface area contributed by atoms with Crippen LogP contribution in [0.2, 0.25) is 0 Å². The fourth-order valence-electron chi connectivity index (χ4n) is 2.37. The molecule has 92 valence electrons. The van der Waals surface area contributed by atoms with Gasteiger partial charge in [0, 0.05) is 6.04 Å². The highest BCUT2D eigenvalue weighted by molar-refractivity contribution is 6.08. The van der Waals surface area contributed by atoms with Gasteiger partial charge in [0.25, 0.3) is 5.91 Å². The van der Waals surface area contributed by atoms with Crippen molar-refractivity contribution in [3.05, 3.63) is 23.8 Å². The number of nitrogens with zero attached hydrogens (tertiary/aromatic N) is 1. The molecule has 3 nitrogen and oxygen atoms in total. The second-order valence-electron chi connectivity index (χ2n) is 5.49.